The lowest BCUT2D eigenvalue weighted by Gasteiger charge is -2.19. The summed E-state index contributed by atoms with van der Waals surface area (Å²) in [7, 11) is 0. The minimum Gasteiger partial charge on any atom is -0.331 e. The van der Waals surface area contributed by atoms with E-state index >= 15 is 0 Å². The van der Waals surface area contributed by atoms with Crippen molar-refractivity contribution in [2.45, 2.75) is 19.8 Å². The van der Waals surface area contributed by atoms with Gasteiger partial charge in [0.2, 0.25) is 5.91 Å². The maximum absolute atomic E-state index is 12.0. The van der Waals surface area contributed by atoms with E-state index in [0.717, 1.165) is 12.0 Å². The molecule has 0 saturated heterocycles. The molecule has 0 aliphatic heterocycles. The second kappa shape index (κ2) is 6.98. The van der Waals surface area contributed by atoms with Crippen molar-refractivity contribution in [3.05, 3.63) is 34.9 Å². The number of terminal acetylenes is 1. The van der Waals surface area contributed by atoms with Gasteiger partial charge in [0, 0.05) is 11.6 Å². The smallest absolute Gasteiger partial charge is 0.227 e. The zero-order valence-electron chi connectivity index (χ0n) is 9.95. The van der Waals surface area contributed by atoms with Crippen LogP contribution in [0.4, 0.5) is 0 Å². The summed E-state index contributed by atoms with van der Waals surface area (Å²) in [5.74, 6) is 2.53. The summed E-state index contributed by atoms with van der Waals surface area (Å²) in [5.41, 5.74) is 0.845. The summed E-state index contributed by atoms with van der Waals surface area (Å²) in [5, 5.41) is 0.623. The highest BCUT2D eigenvalue weighted by Gasteiger charge is 2.13. The van der Waals surface area contributed by atoms with Gasteiger partial charge in [0.15, 0.2) is 0 Å². The predicted octanol–water partition coefficient (Wildman–Crippen LogP) is 2.75. The van der Waals surface area contributed by atoms with Crippen molar-refractivity contribution in [2.24, 2.45) is 0 Å². The maximum atomic E-state index is 12.0. The molecule has 0 heterocycles. The monoisotopic (exact) mass is 249 g/mol. The molecule has 0 spiro atoms. The molecular weight excluding hydrogens is 234 g/mol. The third-order valence-electron chi connectivity index (χ3n) is 2.43. The molecule has 0 unspecified atom stereocenters. The molecule has 17 heavy (non-hydrogen) atoms. The first-order chi connectivity index (χ1) is 8.19. The van der Waals surface area contributed by atoms with Gasteiger partial charge in [-0.15, -0.1) is 6.42 Å². The summed E-state index contributed by atoms with van der Waals surface area (Å²) < 4.78 is 0. The van der Waals surface area contributed by atoms with Crippen LogP contribution in [0.2, 0.25) is 5.02 Å². The van der Waals surface area contributed by atoms with Gasteiger partial charge in [0.25, 0.3) is 0 Å². The predicted molar refractivity (Wildman–Crippen MR) is 70.9 cm³/mol. The Balaban J connectivity index is 2.70. The van der Waals surface area contributed by atoms with E-state index in [1.165, 1.54) is 0 Å². The molecule has 0 N–H and O–H groups in total. The number of carbonyl (C=O) groups excluding carboxylic acids is 1. The van der Waals surface area contributed by atoms with Crippen LogP contribution in [-0.4, -0.2) is 23.9 Å². The van der Waals surface area contributed by atoms with Crippen molar-refractivity contribution in [1.29, 1.82) is 0 Å². The van der Waals surface area contributed by atoms with Crippen molar-refractivity contribution < 1.29 is 4.79 Å². The summed E-state index contributed by atoms with van der Waals surface area (Å²) in [4.78, 5) is 13.7. The zero-order valence-corrected chi connectivity index (χ0v) is 10.7. The van der Waals surface area contributed by atoms with Crippen molar-refractivity contribution >= 4 is 17.5 Å². The lowest BCUT2D eigenvalue weighted by Crippen LogP contribution is -2.33. The Kier molecular flexibility index (Phi) is 5.59. The Hall–Kier alpha value is -1.46. The van der Waals surface area contributed by atoms with E-state index in [0.29, 0.717) is 24.5 Å². The summed E-state index contributed by atoms with van der Waals surface area (Å²) in [6.45, 7) is 3.07. The molecule has 3 heteroatoms. The van der Waals surface area contributed by atoms with Gasteiger partial charge in [0.05, 0.1) is 13.0 Å². The molecule has 1 rings (SSSR count). The SMILES string of the molecule is C#CCN(CCC)C(=O)Cc1ccccc1Cl. The minimum absolute atomic E-state index is 0.0258. The summed E-state index contributed by atoms with van der Waals surface area (Å²) in [6, 6.07) is 7.37. The minimum atomic E-state index is 0.0258. The molecule has 2 nitrogen and oxygen atoms in total. The van der Waals surface area contributed by atoms with Crippen LogP contribution in [0.15, 0.2) is 24.3 Å². The number of nitrogens with zero attached hydrogens (tertiary/aromatic N) is 1. The van der Waals surface area contributed by atoms with Crippen LogP contribution in [0.5, 0.6) is 0 Å². The molecular formula is C14H16ClNO. The molecule has 0 aromatic heterocycles. The number of halogens is 1. The average Bonchev–Trinajstić information content (AvgIpc) is 2.32. The standard InChI is InChI=1S/C14H16ClNO/c1-3-9-16(10-4-2)14(17)11-12-7-5-6-8-13(12)15/h1,5-8H,4,9-11H2,2H3. The van der Waals surface area contributed by atoms with E-state index in [4.69, 9.17) is 18.0 Å². The number of amides is 1. The fraction of sp³-hybridized carbons (Fsp3) is 0.357. The number of carbonyl (C=O) groups is 1. The van der Waals surface area contributed by atoms with Crippen molar-refractivity contribution in [1.82, 2.24) is 4.90 Å². The third-order valence-corrected chi connectivity index (χ3v) is 2.80. The molecule has 0 aliphatic carbocycles. The molecule has 1 aromatic rings. The van der Waals surface area contributed by atoms with Crippen LogP contribution in [0.3, 0.4) is 0 Å². The van der Waals surface area contributed by atoms with Gasteiger partial charge < -0.3 is 4.90 Å². The number of rotatable bonds is 5. The fourth-order valence-electron chi connectivity index (χ4n) is 1.59. The van der Waals surface area contributed by atoms with Crippen LogP contribution in [0.1, 0.15) is 18.9 Å². The van der Waals surface area contributed by atoms with Crippen LogP contribution < -0.4 is 0 Å². The lowest BCUT2D eigenvalue weighted by atomic mass is 10.1. The topological polar surface area (TPSA) is 20.3 Å². The third kappa shape index (κ3) is 4.13. The Morgan fingerprint density at radius 2 is 2.18 bits per heavy atom. The van der Waals surface area contributed by atoms with Crippen molar-refractivity contribution in [2.75, 3.05) is 13.1 Å². The molecule has 0 bridgehead atoms. The van der Waals surface area contributed by atoms with E-state index in [2.05, 4.69) is 5.92 Å². The van der Waals surface area contributed by atoms with Crippen LogP contribution >= 0.6 is 11.6 Å². The number of benzene rings is 1. The van der Waals surface area contributed by atoms with Crippen LogP contribution in [-0.2, 0) is 11.2 Å². The van der Waals surface area contributed by atoms with E-state index in [-0.39, 0.29) is 5.91 Å². The van der Waals surface area contributed by atoms with Crippen LogP contribution in [0, 0.1) is 12.3 Å². The van der Waals surface area contributed by atoms with Gasteiger partial charge in [-0.2, -0.15) is 0 Å². The molecule has 1 amide bonds. The Morgan fingerprint density at radius 3 is 2.76 bits per heavy atom. The number of hydrogen-bond acceptors (Lipinski definition) is 1. The molecule has 90 valence electrons. The number of hydrogen-bond donors (Lipinski definition) is 0. The maximum Gasteiger partial charge on any atom is 0.227 e. The quantitative estimate of drug-likeness (QED) is 0.735. The highest BCUT2D eigenvalue weighted by Crippen LogP contribution is 2.16. The summed E-state index contributed by atoms with van der Waals surface area (Å²) in [6.07, 6.45) is 6.46. The molecule has 0 saturated carbocycles. The first kappa shape index (κ1) is 13.6. The molecule has 1 aromatic carbocycles. The Labute approximate surface area is 108 Å². The van der Waals surface area contributed by atoms with Gasteiger partial charge in [-0.3, -0.25) is 4.79 Å². The first-order valence-electron chi connectivity index (χ1n) is 5.63. The Morgan fingerprint density at radius 1 is 1.47 bits per heavy atom. The normalized spacial score (nSPS) is 9.71. The van der Waals surface area contributed by atoms with E-state index in [1.807, 2.05) is 25.1 Å². The summed E-state index contributed by atoms with van der Waals surface area (Å²) >= 11 is 6.02. The van der Waals surface area contributed by atoms with E-state index < -0.39 is 0 Å². The second-order valence-corrected chi connectivity index (χ2v) is 4.19. The van der Waals surface area contributed by atoms with Gasteiger partial charge in [-0.1, -0.05) is 42.6 Å². The first-order valence-corrected chi connectivity index (χ1v) is 6.01. The Bertz CT molecular complexity index is 422. The van der Waals surface area contributed by atoms with Gasteiger partial charge in [-0.25, -0.2) is 0 Å². The largest absolute Gasteiger partial charge is 0.331 e. The molecule has 0 radical (unpaired) electrons. The van der Waals surface area contributed by atoms with Gasteiger partial charge in [0.1, 0.15) is 0 Å². The van der Waals surface area contributed by atoms with Crippen molar-refractivity contribution in [3.8, 4) is 12.3 Å². The lowest BCUT2D eigenvalue weighted by molar-refractivity contribution is -0.129. The van der Waals surface area contributed by atoms with Crippen LogP contribution in [0.25, 0.3) is 0 Å². The van der Waals surface area contributed by atoms with E-state index in [9.17, 15) is 4.79 Å². The average molecular weight is 250 g/mol. The highest BCUT2D eigenvalue weighted by atomic mass is 35.5. The molecule has 0 fully saturated rings. The fourth-order valence-corrected chi connectivity index (χ4v) is 1.79. The zero-order chi connectivity index (χ0) is 12.7. The van der Waals surface area contributed by atoms with Gasteiger partial charge in [-0.05, 0) is 18.1 Å². The second-order valence-electron chi connectivity index (χ2n) is 3.79. The molecule has 0 aliphatic rings. The van der Waals surface area contributed by atoms with Gasteiger partial charge >= 0.3 is 0 Å². The van der Waals surface area contributed by atoms with Crippen molar-refractivity contribution in [3.63, 3.8) is 0 Å². The molecule has 0 atom stereocenters. The van der Waals surface area contributed by atoms with E-state index in [1.54, 1.807) is 11.0 Å². The highest BCUT2D eigenvalue weighted by molar-refractivity contribution is 6.31.